The average Bonchev–Trinajstić information content (AvgIpc) is 2.90. The van der Waals surface area contributed by atoms with E-state index in [1.54, 1.807) is 6.92 Å². The summed E-state index contributed by atoms with van der Waals surface area (Å²) >= 11 is 0.831. The lowest BCUT2D eigenvalue weighted by atomic mass is 10.1. The monoisotopic (exact) mass is 398 g/mol. The third-order valence-electron chi connectivity index (χ3n) is 3.36. The summed E-state index contributed by atoms with van der Waals surface area (Å²) in [6.07, 6.45) is 0. The molecule has 3 N–H and O–H groups in total. The van der Waals surface area contributed by atoms with E-state index in [0.29, 0.717) is 6.07 Å². The Morgan fingerprint density at radius 2 is 1.96 bits per heavy atom. The lowest BCUT2D eigenvalue weighted by Crippen LogP contribution is -2.22. The van der Waals surface area contributed by atoms with Crippen molar-refractivity contribution >= 4 is 34.1 Å². The number of amides is 2. The third kappa shape index (κ3) is 4.79. The van der Waals surface area contributed by atoms with Crippen LogP contribution in [0.1, 0.15) is 32.5 Å². The van der Waals surface area contributed by atoms with Gasteiger partial charge in [-0.25, -0.2) is 13.6 Å². The number of carbonyl (C=O) groups excluding carboxylic acids is 3. The lowest BCUT2D eigenvalue weighted by molar-refractivity contribution is -0.118. The van der Waals surface area contributed by atoms with Gasteiger partial charge in [-0.05, 0) is 31.5 Å². The maximum atomic E-state index is 13.5. The topological polar surface area (TPSA) is 108 Å². The maximum absolute atomic E-state index is 13.5. The number of hydrogen-bond donors (Lipinski definition) is 2. The fourth-order valence-corrected chi connectivity index (χ4v) is 3.31. The Hall–Kier alpha value is -3.01. The fraction of sp³-hybridized carbons (Fsp3) is 0.235. The normalized spacial score (nSPS) is 10.4. The van der Waals surface area contributed by atoms with Gasteiger partial charge < -0.3 is 20.5 Å². The number of rotatable bonds is 7. The SMILES string of the molecule is CCOC(=O)c1sc(NC(=O)COc2ccc(F)cc2F)c(C(N)=O)c1C. The molecule has 1 heterocycles. The first-order chi connectivity index (χ1) is 12.7. The van der Waals surface area contributed by atoms with E-state index in [2.05, 4.69) is 5.32 Å². The molecular formula is C17H16F2N2O5S. The average molecular weight is 398 g/mol. The highest BCUT2D eigenvalue weighted by molar-refractivity contribution is 7.18. The predicted molar refractivity (Wildman–Crippen MR) is 94.0 cm³/mol. The molecule has 0 aliphatic heterocycles. The van der Waals surface area contributed by atoms with Crippen LogP contribution in [-0.2, 0) is 9.53 Å². The summed E-state index contributed by atoms with van der Waals surface area (Å²) in [4.78, 5) is 35.8. The first kappa shape index (κ1) is 20.3. The summed E-state index contributed by atoms with van der Waals surface area (Å²) < 4.78 is 36.3. The molecule has 0 atom stereocenters. The standard InChI is InChI=1S/C17H16F2N2O5S/c1-3-25-17(24)14-8(2)13(15(20)23)16(27-14)21-12(22)7-26-11-5-4-9(18)6-10(11)19/h4-6H,3,7H2,1-2H3,(H2,20,23)(H,21,22). The largest absolute Gasteiger partial charge is 0.481 e. The molecule has 2 amide bonds. The van der Waals surface area contributed by atoms with Crippen LogP contribution in [0.2, 0.25) is 0 Å². The molecule has 144 valence electrons. The smallest absolute Gasteiger partial charge is 0.348 e. The van der Waals surface area contributed by atoms with E-state index in [4.69, 9.17) is 15.2 Å². The van der Waals surface area contributed by atoms with Crippen molar-refractivity contribution in [2.24, 2.45) is 5.73 Å². The van der Waals surface area contributed by atoms with Crippen LogP contribution in [0.25, 0.3) is 0 Å². The molecule has 2 aromatic rings. The molecule has 0 radical (unpaired) electrons. The van der Waals surface area contributed by atoms with Crippen LogP contribution in [0.4, 0.5) is 13.8 Å². The van der Waals surface area contributed by atoms with Gasteiger partial charge in [0.25, 0.3) is 11.8 Å². The van der Waals surface area contributed by atoms with Gasteiger partial charge in [0.05, 0.1) is 12.2 Å². The Balaban J connectivity index is 2.15. The molecule has 0 unspecified atom stereocenters. The molecule has 0 saturated carbocycles. The van der Waals surface area contributed by atoms with Crippen molar-refractivity contribution in [3.8, 4) is 5.75 Å². The molecule has 0 spiro atoms. The lowest BCUT2D eigenvalue weighted by Gasteiger charge is -2.08. The van der Waals surface area contributed by atoms with Crippen LogP contribution in [0.3, 0.4) is 0 Å². The Morgan fingerprint density at radius 1 is 1.26 bits per heavy atom. The molecule has 27 heavy (non-hydrogen) atoms. The number of halogens is 2. The number of ether oxygens (including phenoxy) is 2. The van der Waals surface area contributed by atoms with Crippen molar-refractivity contribution < 1.29 is 32.6 Å². The van der Waals surface area contributed by atoms with Crippen molar-refractivity contribution in [2.45, 2.75) is 13.8 Å². The van der Waals surface area contributed by atoms with Crippen molar-refractivity contribution in [3.05, 3.63) is 45.8 Å². The second kappa shape index (κ2) is 8.58. The Bertz CT molecular complexity index is 898. The second-order valence-electron chi connectivity index (χ2n) is 5.26. The number of anilines is 1. The molecule has 0 aliphatic carbocycles. The highest BCUT2D eigenvalue weighted by Crippen LogP contribution is 2.33. The number of primary amides is 1. The highest BCUT2D eigenvalue weighted by Gasteiger charge is 2.25. The number of nitrogens with two attached hydrogens (primary N) is 1. The van der Waals surface area contributed by atoms with Gasteiger partial charge in [-0.1, -0.05) is 0 Å². The number of hydrogen-bond acceptors (Lipinski definition) is 6. The van der Waals surface area contributed by atoms with Gasteiger partial charge in [0.15, 0.2) is 18.2 Å². The Morgan fingerprint density at radius 3 is 2.56 bits per heavy atom. The number of thiophene rings is 1. The minimum Gasteiger partial charge on any atom is -0.481 e. The van der Waals surface area contributed by atoms with E-state index in [9.17, 15) is 23.2 Å². The summed E-state index contributed by atoms with van der Waals surface area (Å²) in [5.74, 6) is -4.25. The number of nitrogens with one attached hydrogen (secondary N) is 1. The quantitative estimate of drug-likeness (QED) is 0.697. The minimum atomic E-state index is -0.961. The number of benzene rings is 1. The fourth-order valence-electron chi connectivity index (χ4n) is 2.19. The van der Waals surface area contributed by atoms with E-state index >= 15 is 0 Å². The molecule has 0 fully saturated rings. The number of carbonyl (C=O) groups is 3. The molecule has 0 saturated heterocycles. The summed E-state index contributed by atoms with van der Waals surface area (Å²) in [7, 11) is 0. The minimum absolute atomic E-state index is 0.0237. The summed E-state index contributed by atoms with van der Waals surface area (Å²) in [6, 6.07) is 2.64. The molecule has 0 aliphatic rings. The zero-order chi connectivity index (χ0) is 20.1. The first-order valence-electron chi connectivity index (χ1n) is 7.72. The molecule has 7 nitrogen and oxygen atoms in total. The van der Waals surface area contributed by atoms with E-state index < -0.39 is 36.0 Å². The van der Waals surface area contributed by atoms with Gasteiger partial charge in [0.2, 0.25) is 0 Å². The molecule has 10 heteroatoms. The van der Waals surface area contributed by atoms with E-state index in [1.807, 2.05) is 0 Å². The zero-order valence-corrected chi connectivity index (χ0v) is 15.2. The molecule has 0 bridgehead atoms. The first-order valence-corrected chi connectivity index (χ1v) is 8.54. The second-order valence-corrected chi connectivity index (χ2v) is 6.28. The number of esters is 1. The van der Waals surface area contributed by atoms with Crippen LogP contribution in [-0.4, -0.2) is 31.0 Å². The van der Waals surface area contributed by atoms with Crippen LogP contribution >= 0.6 is 11.3 Å². The van der Waals surface area contributed by atoms with Gasteiger partial charge in [-0.15, -0.1) is 11.3 Å². The van der Waals surface area contributed by atoms with Crippen LogP contribution in [0.15, 0.2) is 18.2 Å². The van der Waals surface area contributed by atoms with Crippen LogP contribution < -0.4 is 15.8 Å². The van der Waals surface area contributed by atoms with Gasteiger partial charge in [0.1, 0.15) is 15.7 Å². The van der Waals surface area contributed by atoms with Crippen molar-refractivity contribution in [1.29, 1.82) is 0 Å². The zero-order valence-electron chi connectivity index (χ0n) is 14.4. The van der Waals surface area contributed by atoms with Crippen LogP contribution in [0, 0.1) is 18.6 Å². The Labute approximate surface area is 157 Å². The summed E-state index contributed by atoms with van der Waals surface area (Å²) in [5, 5.41) is 2.45. The molecule has 2 rings (SSSR count). The molecule has 1 aromatic heterocycles. The summed E-state index contributed by atoms with van der Waals surface area (Å²) in [5.41, 5.74) is 5.59. The molecular weight excluding hydrogens is 382 g/mol. The van der Waals surface area contributed by atoms with Gasteiger partial charge in [-0.3, -0.25) is 9.59 Å². The van der Waals surface area contributed by atoms with E-state index in [1.165, 1.54) is 6.92 Å². The maximum Gasteiger partial charge on any atom is 0.348 e. The van der Waals surface area contributed by atoms with Crippen LogP contribution in [0.5, 0.6) is 5.75 Å². The Kier molecular flexibility index (Phi) is 6.45. The van der Waals surface area contributed by atoms with E-state index in [0.717, 1.165) is 23.5 Å². The van der Waals surface area contributed by atoms with Crippen molar-refractivity contribution in [2.75, 3.05) is 18.5 Å². The van der Waals surface area contributed by atoms with Gasteiger partial charge >= 0.3 is 5.97 Å². The summed E-state index contributed by atoms with van der Waals surface area (Å²) in [6.45, 7) is 2.67. The van der Waals surface area contributed by atoms with Gasteiger partial charge in [0, 0.05) is 6.07 Å². The van der Waals surface area contributed by atoms with Gasteiger partial charge in [-0.2, -0.15) is 0 Å². The van der Waals surface area contributed by atoms with E-state index in [-0.39, 0.29) is 33.4 Å². The van der Waals surface area contributed by atoms with Crippen molar-refractivity contribution in [1.82, 2.24) is 0 Å². The van der Waals surface area contributed by atoms with Crippen molar-refractivity contribution in [3.63, 3.8) is 0 Å². The predicted octanol–water partition coefficient (Wildman–Crippen LogP) is 2.63. The molecule has 1 aromatic carbocycles. The third-order valence-corrected chi connectivity index (χ3v) is 4.55. The highest BCUT2D eigenvalue weighted by atomic mass is 32.1.